The van der Waals surface area contributed by atoms with Crippen molar-refractivity contribution in [1.29, 1.82) is 0 Å². The van der Waals surface area contributed by atoms with E-state index in [0.717, 1.165) is 5.69 Å². The van der Waals surface area contributed by atoms with Crippen LogP contribution in [0, 0.1) is 0 Å². The molecule has 1 aliphatic rings. The fourth-order valence-electron chi connectivity index (χ4n) is 1.78. The number of pyridine rings is 1. The number of hydrogen-bond acceptors (Lipinski definition) is 2. The summed E-state index contributed by atoms with van der Waals surface area (Å²) < 4.78 is 5.63. The molecular formula is C13H11NO. The second-order valence-corrected chi connectivity index (χ2v) is 3.64. The number of epoxide rings is 1. The summed E-state index contributed by atoms with van der Waals surface area (Å²) in [6.07, 6.45) is 2.15. The van der Waals surface area contributed by atoms with E-state index in [4.69, 9.17) is 4.74 Å². The van der Waals surface area contributed by atoms with Crippen molar-refractivity contribution in [2.24, 2.45) is 0 Å². The van der Waals surface area contributed by atoms with Crippen LogP contribution in [0.4, 0.5) is 0 Å². The summed E-state index contributed by atoms with van der Waals surface area (Å²) in [7, 11) is 0. The summed E-state index contributed by atoms with van der Waals surface area (Å²) in [5.74, 6) is 0. The van der Waals surface area contributed by atoms with E-state index in [0.29, 0.717) is 0 Å². The normalized spacial score (nSPS) is 23.7. The smallest absolute Gasteiger partial charge is 0.131 e. The Bertz CT molecular complexity index is 397. The zero-order chi connectivity index (χ0) is 10.1. The van der Waals surface area contributed by atoms with Gasteiger partial charge in [-0.15, -0.1) is 0 Å². The highest BCUT2D eigenvalue weighted by atomic mass is 16.6. The van der Waals surface area contributed by atoms with Gasteiger partial charge in [0.05, 0.1) is 5.69 Å². The van der Waals surface area contributed by atoms with Gasteiger partial charge in [-0.3, -0.25) is 4.98 Å². The van der Waals surface area contributed by atoms with Crippen LogP contribution in [0.2, 0.25) is 0 Å². The summed E-state index contributed by atoms with van der Waals surface area (Å²) in [6.45, 7) is 0. The molecule has 1 aromatic carbocycles. The number of benzene rings is 1. The Morgan fingerprint density at radius 3 is 2.40 bits per heavy atom. The van der Waals surface area contributed by atoms with Gasteiger partial charge in [-0.1, -0.05) is 36.4 Å². The molecule has 0 spiro atoms. The fourth-order valence-corrected chi connectivity index (χ4v) is 1.78. The SMILES string of the molecule is c1ccc([C@@H]2O[C@H]2c2ccccn2)cc1. The van der Waals surface area contributed by atoms with Gasteiger partial charge in [-0.25, -0.2) is 0 Å². The lowest BCUT2D eigenvalue weighted by atomic mass is 10.1. The maximum absolute atomic E-state index is 5.63. The average molecular weight is 197 g/mol. The molecule has 1 aliphatic heterocycles. The summed E-state index contributed by atoms with van der Waals surface area (Å²) in [6, 6.07) is 16.2. The quantitative estimate of drug-likeness (QED) is 0.692. The second-order valence-electron chi connectivity index (χ2n) is 3.64. The van der Waals surface area contributed by atoms with Crippen molar-refractivity contribution in [3.63, 3.8) is 0 Å². The van der Waals surface area contributed by atoms with Gasteiger partial charge in [0.15, 0.2) is 0 Å². The maximum Gasteiger partial charge on any atom is 0.131 e. The molecule has 2 heteroatoms. The zero-order valence-electron chi connectivity index (χ0n) is 8.21. The third-order valence-corrected chi connectivity index (χ3v) is 2.60. The Hall–Kier alpha value is -1.67. The van der Waals surface area contributed by atoms with Crippen LogP contribution in [-0.2, 0) is 4.74 Å². The number of ether oxygens (including phenoxy) is 1. The van der Waals surface area contributed by atoms with Crippen LogP contribution in [0.3, 0.4) is 0 Å². The van der Waals surface area contributed by atoms with Crippen molar-refractivity contribution >= 4 is 0 Å². The standard InChI is InChI=1S/C13H11NO/c1-2-6-10(7-3-1)12-13(15-12)11-8-4-5-9-14-11/h1-9,12-13H/t12-,13-/m0/s1. The molecule has 0 radical (unpaired) electrons. The molecule has 0 saturated carbocycles. The predicted molar refractivity (Wildman–Crippen MR) is 57.2 cm³/mol. The molecule has 3 rings (SSSR count). The minimum absolute atomic E-state index is 0.147. The Morgan fingerprint density at radius 2 is 1.67 bits per heavy atom. The van der Waals surface area contributed by atoms with Crippen LogP contribution in [-0.4, -0.2) is 4.98 Å². The molecule has 1 fully saturated rings. The minimum Gasteiger partial charge on any atom is -0.358 e. The van der Waals surface area contributed by atoms with Gasteiger partial charge in [0, 0.05) is 6.20 Å². The Morgan fingerprint density at radius 1 is 0.867 bits per heavy atom. The molecule has 0 amide bonds. The van der Waals surface area contributed by atoms with Gasteiger partial charge in [-0.2, -0.15) is 0 Å². The lowest BCUT2D eigenvalue weighted by Crippen LogP contribution is -1.86. The van der Waals surface area contributed by atoms with Crippen molar-refractivity contribution in [2.45, 2.75) is 12.2 Å². The van der Waals surface area contributed by atoms with Crippen LogP contribution in [0.15, 0.2) is 54.7 Å². The van der Waals surface area contributed by atoms with E-state index in [2.05, 4.69) is 17.1 Å². The first-order chi connectivity index (χ1) is 7.45. The summed E-state index contributed by atoms with van der Waals surface area (Å²) >= 11 is 0. The molecule has 0 bridgehead atoms. The zero-order valence-corrected chi connectivity index (χ0v) is 8.21. The van der Waals surface area contributed by atoms with Crippen molar-refractivity contribution in [3.8, 4) is 0 Å². The molecule has 0 unspecified atom stereocenters. The first kappa shape index (κ1) is 8.62. The van der Waals surface area contributed by atoms with Crippen molar-refractivity contribution in [1.82, 2.24) is 4.98 Å². The summed E-state index contributed by atoms with van der Waals surface area (Å²) in [5.41, 5.74) is 2.25. The van der Waals surface area contributed by atoms with Gasteiger partial charge in [0.1, 0.15) is 12.2 Å². The van der Waals surface area contributed by atoms with E-state index in [-0.39, 0.29) is 12.2 Å². The highest BCUT2D eigenvalue weighted by Gasteiger charge is 2.42. The van der Waals surface area contributed by atoms with Gasteiger partial charge in [-0.05, 0) is 17.7 Å². The van der Waals surface area contributed by atoms with Gasteiger partial charge < -0.3 is 4.74 Å². The molecule has 2 heterocycles. The first-order valence-corrected chi connectivity index (χ1v) is 5.06. The topological polar surface area (TPSA) is 25.4 Å². The molecule has 1 saturated heterocycles. The Labute approximate surface area is 88.5 Å². The van der Waals surface area contributed by atoms with Crippen LogP contribution < -0.4 is 0 Å². The minimum atomic E-state index is 0.147. The highest BCUT2D eigenvalue weighted by molar-refractivity contribution is 5.26. The third kappa shape index (κ3) is 1.64. The van der Waals surface area contributed by atoms with Gasteiger partial charge in [0.25, 0.3) is 0 Å². The lowest BCUT2D eigenvalue weighted by molar-refractivity contribution is 0.375. The van der Waals surface area contributed by atoms with E-state index >= 15 is 0 Å². The van der Waals surface area contributed by atoms with E-state index in [1.54, 1.807) is 6.20 Å². The summed E-state index contributed by atoms with van der Waals surface area (Å²) in [4.78, 5) is 4.29. The van der Waals surface area contributed by atoms with Crippen molar-refractivity contribution in [2.75, 3.05) is 0 Å². The fraction of sp³-hybridized carbons (Fsp3) is 0.154. The van der Waals surface area contributed by atoms with Crippen molar-refractivity contribution < 1.29 is 4.74 Å². The van der Waals surface area contributed by atoms with E-state index in [9.17, 15) is 0 Å². The molecule has 74 valence electrons. The summed E-state index contributed by atoms with van der Waals surface area (Å²) in [5, 5.41) is 0. The number of nitrogens with zero attached hydrogens (tertiary/aromatic N) is 1. The predicted octanol–water partition coefficient (Wildman–Crippen LogP) is 2.89. The maximum atomic E-state index is 5.63. The van der Waals surface area contributed by atoms with Gasteiger partial charge in [0.2, 0.25) is 0 Å². The van der Waals surface area contributed by atoms with E-state index < -0.39 is 0 Å². The molecule has 0 N–H and O–H groups in total. The van der Waals surface area contributed by atoms with E-state index in [1.807, 2.05) is 36.4 Å². The first-order valence-electron chi connectivity index (χ1n) is 5.06. The molecular weight excluding hydrogens is 186 g/mol. The monoisotopic (exact) mass is 197 g/mol. The molecule has 2 aromatic rings. The van der Waals surface area contributed by atoms with Crippen LogP contribution >= 0.6 is 0 Å². The van der Waals surface area contributed by atoms with Crippen molar-refractivity contribution in [3.05, 3.63) is 66.0 Å². The van der Waals surface area contributed by atoms with E-state index in [1.165, 1.54) is 5.56 Å². The molecule has 2 atom stereocenters. The number of rotatable bonds is 2. The van der Waals surface area contributed by atoms with Crippen LogP contribution in [0.1, 0.15) is 23.5 Å². The molecule has 2 nitrogen and oxygen atoms in total. The number of aromatic nitrogens is 1. The number of hydrogen-bond donors (Lipinski definition) is 0. The van der Waals surface area contributed by atoms with Crippen LogP contribution in [0.25, 0.3) is 0 Å². The highest BCUT2D eigenvalue weighted by Crippen LogP contribution is 2.49. The van der Waals surface area contributed by atoms with Gasteiger partial charge >= 0.3 is 0 Å². The van der Waals surface area contributed by atoms with Crippen LogP contribution in [0.5, 0.6) is 0 Å². The Kier molecular flexibility index (Phi) is 2.00. The third-order valence-electron chi connectivity index (χ3n) is 2.60. The average Bonchev–Trinajstić information content (AvgIpc) is 3.11. The largest absolute Gasteiger partial charge is 0.358 e. The second kappa shape index (κ2) is 3.48. The molecule has 1 aromatic heterocycles. The lowest BCUT2D eigenvalue weighted by Gasteiger charge is -1.94. The molecule has 15 heavy (non-hydrogen) atoms. The molecule has 0 aliphatic carbocycles. The Balaban J connectivity index is 1.81.